The number of fused-ring (bicyclic) bond motifs is 3. The van der Waals surface area contributed by atoms with Gasteiger partial charge in [-0.25, -0.2) is 9.59 Å². The molecule has 2 unspecified atom stereocenters. The minimum Gasteiger partial charge on any atom is -0.504 e. The van der Waals surface area contributed by atoms with Crippen LogP contribution in [0.15, 0.2) is 24.3 Å². The first-order valence-corrected chi connectivity index (χ1v) is 7.31. The number of benzene rings is 1. The number of hydrogen-bond donors (Lipinski definition) is 4. The quantitative estimate of drug-likeness (QED) is 0.349. The standard InChI is InChI=1S/C16H16O8/c17-10-3-1-9(7-11(10)18)2-4-13(19)23-12-8-15(21)5-6-16(12,22)24-14(15)20/h1-4,7,12,17-18,21-22H,5-6,8H2/b4-2+/t12?,15-,16?/m1/s1. The summed E-state index contributed by atoms with van der Waals surface area (Å²) in [5.74, 6) is -4.28. The maximum Gasteiger partial charge on any atom is 0.340 e. The second kappa shape index (κ2) is 5.50. The lowest BCUT2D eigenvalue weighted by molar-refractivity contribution is -0.316. The van der Waals surface area contributed by atoms with Gasteiger partial charge >= 0.3 is 11.9 Å². The van der Waals surface area contributed by atoms with Gasteiger partial charge in [-0.3, -0.25) is 0 Å². The summed E-state index contributed by atoms with van der Waals surface area (Å²) >= 11 is 0. The Hall–Kier alpha value is -2.58. The maximum atomic E-state index is 11.9. The van der Waals surface area contributed by atoms with Crippen LogP contribution in [-0.4, -0.2) is 49.9 Å². The molecule has 1 aliphatic carbocycles. The van der Waals surface area contributed by atoms with Crippen LogP contribution in [-0.2, 0) is 19.1 Å². The second-order valence-electron chi connectivity index (χ2n) is 5.98. The van der Waals surface area contributed by atoms with Crippen molar-refractivity contribution < 1.29 is 39.5 Å². The van der Waals surface area contributed by atoms with E-state index in [1.165, 1.54) is 24.3 Å². The highest BCUT2D eigenvalue weighted by Gasteiger charge is 2.62. The molecule has 0 spiro atoms. The van der Waals surface area contributed by atoms with Crippen LogP contribution in [0.4, 0.5) is 0 Å². The van der Waals surface area contributed by atoms with Crippen LogP contribution in [0.2, 0.25) is 0 Å². The number of esters is 2. The van der Waals surface area contributed by atoms with Gasteiger partial charge in [-0.2, -0.15) is 0 Å². The Morgan fingerprint density at radius 2 is 2.00 bits per heavy atom. The molecule has 24 heavy (non-hydrogen) atoms. The van der Waals surface area contributed by atoms with E-state index in [9.17, 15) is 30.0 Å². The van der Waals surface area contributed by atoms with Crippen molar-refractivity contribution >= 4 is 18.0 Å². The highest BCUT2D eigenvalue weighted by Crippen LogP contribution is 2.44. The van der Waals surface area contributed by atoms with Crippen LogP contribution in [0.5, 0.6) is 11.5 Å². The van der Waals surface area contributed by atoms with Gasteiger partial charge in [-0.1, -0.05) is 6.07 Å². The molecule has 0 aromatic heterocycles. The third kappa shape index (κ3) is 2.81. The van der Waals surface area contributed by atoms with Crippen LogP contribution in [0.1, 0.15) is 24.8 Å². The Morgan fingerprint density at radius 1 is 1.25 bits per heavy atom. The molecule has 1 aromatic carbocycles. The highest BCUT2D eigenvalue weighted by molar-refractivity contribution is 5.88. The molecule has 2 heterocycles. The fraction of sp³-hybridized carbons (Fsp3) is 0.375. The van der Waals surface area contributed by atoms with Crippen LogP contribution in [0.3, 0.4) is 0 Å². The lowest BCUT2D eigenvalue weighted by Crippen LogP contribution is -2.66. The van der Waals surface area contributed by atoms with Gasteiger partial charge in [0.25, 0.3) is 0 Å². The first kappa shape index (κ1) is 16.3. The van der Waals surface area contributed by atoms with Crippen molar-refractivity contribution in [1.29, 1.82) is 0 Å². The van der Waals surface area contributed by atoms with E-state index in [4.69, 9.17) is 9.47 Å². The number of carbonyl (C=O) groups is 2. The molecule has 2 saturated heterocycles. The van der Waals surface area contributed by atoms with Gasteiger partial charge in [0, 0.05) is 18.9 Å². The Kier molecular flexibility index (Phi) is 3.73. The fourth-order valence-corrected chi connectivity index (χ4v) is 2.79. The summed E-state index contributed by atoms with van der Waals surface area (Å²) in [5.41, 5.74) is -1.31. The van der Waals surface area contributed by atoms with E-state index >= 15 is 0 Å². The smallest absolute Gasteiger partial charge is 0.340 e. The van der Waals surface area contributed by atoms with Gasteiger partial charge in [-0.15, -0.1) is 0 Å². The van der Waals surface area contributed by atoms with Crippen molar-refractivity contribution in [2.24, 2.45) is 0 Å². The molecular formula is C16H16O8. The average Bonchev–Trinajstić information content (AvgIpc) is 2.51. The third-order valence-corrected chi connectivity index (χ3v) is 4.24. The molecular weight excluding hydrogens is 320 g/mol. The molecule has 128 valence electrons. The molecule has 8 heteroatoms. The van der Waals surface area contributed by atoms with Crippen LogP contribution in [0.25, 0.3) is 6.08 Å². The monoisotopic (exact) mass is 336 g/mol. The normalized spacial score (nSPS) is 31.9. The maximum absolute atomic E-state index is 11.9. The molecule has 8 nitrogen and oxygen atoms in total. The van der Waals surface area contributed by atoms with Crippen LogP contribution < -0.4 is 0 Å². The zero-order valence-electron chi connectivity index (χ0n) is 12.5. The van der Waals surface area contributed by atoms with Crippen LogP contribution in [0, 0.1) is 0 Å². The fourth-order valence-electron chi connectivity index (χ4n) is 2.79. The summed E-state index contributed by atoms with van der Waals surface area (Å²) in [7, 11) is 0. The predicted molar refractivity (Wildman–Crippen MR) is 78.5 cm³/mol. The minimum atomic E-state index is -1.93. The summed E-state index contributed by atoms with van der Waals surface area (Å²) in [6.07, 6.45) is 1.01. The van der Waals surface area contributed by atoms with Crippen molar-refractivity contribution in [3.05, 3.63) is 29.8 Å². The second-order valence-corrected chi connectivity index (χ2v) is 5.98. The number of ether oxygens (including phenoxy) is 2. The minimum absolute atomic E-state index is 0.0251. The SMILES string of the molecule is O=C(/C=C/c1ccc(O)c(O)c1)OC1C[C@]2(O)CCC1(O)OC2=O. The van der Waals surface area contributed by atoms with Gasteiger partial charge in [0.1, 0.15) is 0 Å². The molecule has 4 rings (SSSR count). The molecule has 1 aromatic rings. The molecule has 0 amide bonds. The summed E-state index contributed by atoms with van der Waals surface area (Å²) in [6.45, 7) is 0. The van der Waals surface area contributed by atoms with E-state index in [-0.39, 0.29) is 30.8 Å². The van der Waals surface area contributed by atoms with E-state index in [1.807, 2.05) is 0 Å². The number of carbonyl (C=O) groups excluding carboxylic acids is 2. The topological polar surface area (TPSA) is 134 Å². The molecule has 3 fully saturated rings. The molecule has 4 N–H and O–H groups in total. The Morgan fingerprint density at radius 3 is 2.67 bits per heavy atom. The Bertz CT molecular complexity index is 727. The Balaban J connectivity index is 1.68. The van der Waals surface area contributed by atoms with Crippen LogP contribution >= 0.6 is 0 Å². The largest absolute Gasteiger partial charge is 0.504 e. The van der Waals surface area contributed by atoms with E-state index in [2.05, 4.69) is 0 Å². The third-order valence-electron chi connectivity index (χ3n) is 4.24. The lowest BCUT2D eigenvalue weighted by atomic mass is 9.76. The number of hydrogen-bond acceptors (Lipinski definition) is 8. The van der Waals surface area contributed by atoms with E-state index < -0.39 is 29.4 Å². The molecule has 3 aliphatic rings. The number of aliphatic hydroxyl groups is 2. The molecule has 1 saturated carbocycles. The zero-order chi connectivity index (χ0) is 17.5. The van der Waals surface area contributed by atoms with Crippen molar-refractivity contribution in [3.63, 3.8) is 0 Å². The van der Waals surface area contributed by atoms with Gasteiger partial charge in [0.05, 0.1) is 0 Å². The molecule has 2 aliphatic heterocycles. The van der Waals surface area contributed by atoms with E-state index in [0.29, 0.717) is 5.56 Å². The number of rotatable bonds is 3. The van der Waals surface area contributed by atoms with Crippen molar-refractivity contribution in [2.45, 2.75) is 36.8 Å². The number of phenols is 2. The average molecular weight is 336 g/mol. The van der Waals surface area contributed by atoms with E-state index in [0.717, 1.165) is 6.08 Å². The van der Waals surface area contributed by atoms with Crippen molar-refractivity contribution in [2.75, 3.05) is 0 Å². The summed E-state index contributed by atoms with van der Waals surface area (Å²) in [4.78, 5) is 23.4. The van der Waals surface area contributed by atoms with Gasteiger partial charge in [0.15, 0.2) is 23.2 Å². The molecule has 3 atom stereocenters. The van der Waals surface area contributed by atoms with Gasteiger partial charge in [0.2, 0.25) is 5.79 Å². The number of phenolic OH excluding ortho intramolecular Hbond substituents is 2. The highest BCUT2D eigenvalue weighted by atomic mass is 16.7. The predicted octanol–water partition coefficient (Wildman–Crippen LogP) is 0.183. The number of aromatic hydroxyl groups is 2. The van der Waals surface area contributed by atoms with Crippen molar-refractivity contribution in [1.82, 2.24) is 0 Å². The molecule has 2 bridgehead atoms. The first-order chi connectivity index (χ1) is 11.2. The zero-order valence-corrected chi connectivity index (χ0v) is 12.5. The van der Waals surface area contributed by atoms with Gasteiger partial charge in [-0.05, 0) is 30.2 Å². The van der Waals surface area contributed by atoms with Gasteiger partial charge < -0.3 is 29.9 Å². The summed E-state index contributed by atoms with van der Waals surface area (Å²) in [5, 5.41) is 38.9. The summed E-state index contributed by atoms with van der Waals surface area (Å²) in [6, 6.07) is 3.98. The van der Waals surface area contributed by atoms with Crippen molar-refractivity contribution in [3.8, 4) is 11.5 Å². The Labute approximate surface area is 136 Å². The molecule has 0 radical (unpaired) electrons. The summed E-state index contributed by atoms with van der Waals surface area (Å²) < 4.78 is 9.88. The lowest BCUT2D eigenvalue weighted by Gasteiger charge is -2.49. The van der Waals surface area contributed by atoms with E-state index in [1.54, 1.807) is 0 Å². The first-order valence-electron chi connectivity index (χ1n) is 7.31.